The summed E-state index contributed by atoms with van der Waals surface area (Å²) in [6.07, 6.45) is 2.46. The molecule has 0 radical (unpaired) electrons. The zero-order chi connectivity index (χ0) is 13.4. The molecule has 0 amide bonds. The molecule has 3 heteroatoms. The van der Waals surface area contributed by atoms with Crippen LogP contribution in [0.5, 0.6) is 11.5 Å². The Morgan fingerprint density at radius 1 is 1.32 bits per heavy atom. The third kappa shape index (κ3) is 2.32. The predicted molar refractivity (Wildman–Crippen MR) is 76.2 cm³/mol. The van der Waals surface area contributed by atoms with Gasteiger partial charge < -0.3 is 14.8 Å². The van der Waals surface area contributed by atoms with Crippen LogP contribution in [0.25, 0.3) is 0 Å². The predicted octanol–water partition coefficient (Wildman–Crippen LogP) is 2.73. The molecule has 3 atom stereocenters. The van der Waals surface area contributed by atoms with E-state index in [2.05, 4.69) is 31.3 Å². The number of ether oxygens (including phenoxy) is 2. The van der Waals surface area contributed by atoms with Crippen LogP contribution in [0.1, 0.15) is 37.3 Å². The molecule has 0 bridgehead atoms. The summed E-state index contributed by atoms with van der Waals surface area (Å²) in [6, 6.07) is 4.41. The average molecular weight is 261 g/mol. The topological polar surface area (TPSA) is 30.5 Å². The maximum Gasteiger partial charge on any atom is 0.123 e. The summed E-state index contributed by atoms with van der Waals surface area (Å²) in [6.45, 7) is 6.61. The molecule has 2 aliphatic heterocycles. The SMILES string of the molecule is COc1cc2c(cc1C1CCNCC1C)OC(C)C2. The molecule has 1 aromatic rings. The molecule has 1 fully saturated rings. The first kappa shape index (κ1) is 12.8. The minimum absolute atomic E-state index is 0.292. The van der Waals surface area contributed by atoms with Crippen molar-refractivity contribution in [2.24, 2.45) is 5.92 Å². The highest BCUT2D eigenvalue weighted by molar-refractivity contribution is 5.50. The van der Waals surface area contributed by atoms with Gasteiger partial charge in [-0.05, 0) is 50.4 Å². The van der Waals surface area contributed by atoms with Crippen LogP contribution >= 0.6 is 0 Å². The van der Waals surface area contributed by atoms with E-state index in [4.69, 9.17) is 9.47 Å². The zero-order valence-electron chi connectivity index (χ0n) is 12.0. The quantitative estimate of drug-likeness (QED) is 0.888. The Hall–Kier alpha value is -1.22. The fourth-order valence-electron chi connectivity index (χ4n) is 3.40. The summed E-state index contributed by atoms with van der Waals surface area (Å²) in [5.41, 5.74) is 2.61. The molecule has 0 aromatic heterocycles. The van der Waals surface area contributed by atoms with Gasteiger partial charge in [0.1, 0.15) is 17.6 Å². The van der Waals surface area contributed by atoms with Gasteiger partial charge in [0, 0.05) is 17.5 Å². The van der Waals surface area contributed by atoms with Crippen LogP contribution in [0.3, 0.4) is 0 Å². The van der Waals surface area contributed by atoms with Gasteiger partial charge in [-0.3, -0.25) is 0 Å². The maximum absolute atomic E-state index is 5.90. The maximum atomic E-state index is 5.90. The van der Waals surface area contributed by atoms with Crippen molar-refractivity contribution in [3.63, 3.8) is 0 Å². The number of methoxy groups -OCH3 is 1. The second kappa shape index (κ2) is 5.04. The lowest BCUT2D eigenvalue weighted by molar-refractivity contribution is 0.254. The lowest BCUT2D eigenvalue weighted by Crippen LogP contribution is -2.33. The first-order chi connectivity index (χ1) is 9.19. The Bertz CT molecular complexity index is 472. The second-order valence-electron chi connectivity index (χ2n) is 5.91. The van der Waals surface area contributed by atoms with Gasteiger partial charge in [-0.15, -0.1) is 0 Å². The minimum Gasteiger partial charge on any atom is -0.496 e. The van der Waals surface area contributed by atoms with Gasteiger partial charge in [0.25, 0.3) is 0 Å². The summed E-state index contributed by atoms with van der Waals surface area (Å²) in [7, 11) is 1.77. The monoisotopic (exact) mass is 261 g/mol. The molecule has 0 saturated carbocycles. The summed E-state index contributed by atoms with van der Waals surface area (Å²) in [4.78, 5) is 0. The highest BCUT2D eigenvalue weighted by Gasteiger charge is 2.29. The lowest BCUT2D eigenvalue weighted by Gasteiger charge is -2.31. The fraction of sp³-hybridized carbons (Fsp3) is 0.625. The van der Waals surface area contributed by atoms with Gasteiger partial charge >= 0.3 is 0 Å². The van der Waals surface area contributed by atoms with E-state index >= 15 is 0 Å². The molecule has 0 spiro atoms. The number of benzene rings is 1. The lowest BCUT2D eigenvalue weighted by atomic mass is 9.81. The number of hydrogen-bond donors (Lipinski definition) is 1. The normalized spacial score (nSPS) is 29.7. The molecular formula is C16H23NO2. The van der Waals surface area contributed by atoms with Crippen molar-refractivity contribution in [2.75, 3.05) is 20.2 Å². The van der Waals surface area contributed by atoms with Crippen molar-refractivity contribution in [3.8, 4) is 11.5 Å². The van der Waals surface area contributed by atoms with E-state index in [1.807, 2.05) is 0 Å². The molecule has 3 unspecified atom stereocenters. The third-order valence-electron chi connectivity index (χ3n) is 4.43. The molecule has 104 valence electrons. The highest BCUT2D eigenvalue weighted by Crippen LogP contribution is 2.42. The van der Waals surface area contributed by atoms with Crippen molar-refractivity contribution in [1.82, 2.24) is 5.32 Å². The van der Waals surface area contributed by atoms with E-state index in [1.54, 1.807) is 7.11 Å². The molecule has 3 rings (SSSR count). The number of hydrogen-bond acceptors (Lipinski definition) is 3. The number of rotatable bonds is 2. The van der Waals surface area contributed by atoms with Crippen molar-refractivity contribution < 1.29 is 9.47 Å². The van der Waals surface area contributed by atoms with Crippen LogP contribution in [0.2, 0.25) is 0 Å². The molecule has 0 aliphatic carbocycles. The van der Waals surface area contributed by atoms with Crippen LogP contribution in [0.4, 0.5) is 0 Å². The van der Waals surface area contributed by atoms with E-state index in [0.717, 1.165) is 31.0 Å². The number of fused-ring (bicyclic) bond motifs is 1. The number of nitrogens with one attached hydrogen (secondary N) is 1. The Labute approximate surface area is 115 Å². The van der Waals surface area contributed by atoms with Gasteiger partial charge in [0.15, 0.2) is 0 Å². The van der Waals surface area contributed by atoms with Crippen LogP contribution in [-0.2, 0) is 6.42 Å². The molecule has 2 heterocycles. The van der Waals surface area contributed by atoms with Gasteiger partial charge in [-0.25, -0.2) is 0 Å². The molecule has 2 aliphatic rings. The first-order valence-corrected chi connectivity index (χ1v) is 7.27. The van der Waals surface area contributed by atoms with E-state index in [9.17, 15) is 0 Å². The van der Waals surface area contributed by atoms with Gasteiger partial charge in [-0.1, -0.05) is 6.92 Å². The molecule has 1 saturated heterocycles. The van der Waals surface area contributed by atoms with E-state index in [0.29, 0.717) is 17.9 Å². The summed E-state index contributed by atoms with van der Waals surface area (Å²) in [5.74, 6) is 3.31. The minimum atomic E-state index is 0.292. The van der Waals surface area contributed by atoms with Crippen molar-refractivity contribution >= 4 is 0 Å². The van der Waals surface area contributed by atoms with Gasteiger partial charge in [0.2, 0.25) is 0 Å². The van der Waals surface area contributed by atoms with Crippen LogP contribution in [0.15, 0.2) is 12.1 Å². The zero-order valence-corrected chi connectivity index (χ0v) is 12.0. The fourth-order valence-corrected chi connectivity index (χ4v) is 3.40. The Balaban J connectivity index is 1.98. The highest BCUT2D eigenvalue weighted by atomic mass is 16.5. The van der Waals surface area contributed by atoms with E-state index in [-0.39, 0.29) is 0 Å². The Morgan fingerprint density at radius 3 is 2.89 bits per heavy atom. The Kier molecular flexibility index (Phi) is 3.40. The first-order valence-electron chi connectivity index (χ1n) is 7.27. The largest absolute Gasteiger partial charge is 0.496 e. The van der Waals surface area contributed by atoms with Crippen LogP contribution < -0.4 is 14.8 Å². The van der Waals surface area contributed by atoms with E-state index in [1.165, 1.54) is 17.5 Å². The van der Waals surface area contributed by atoms with Crippen molar-refractivity contribution in [1.29, 1.82) is 0 Å². The van der Waals surface area contributed by atoms with E-state index < -0.39 is 0 Å². The summed E-state index contributed by atoms with van der Waals surface area (Å²) in [5, 5.41) is 3.46. The molecule has 19 heavy (non-hydrogen) atoms. The van der Waals surface area contributed by atoms with Crippen LogP contribution in [-0.4, -0.2) is 26.3 Å². The van der Waals surface area contributed by atoms with Crippen LogP contribution in [0, 0.1) is 5.92 Å². The number of piperidine rings is 1. The molecule has 1 N–H and O–H groups in total. The molecular weight excluding hydrogens is 238 g/mol. The Morgan fingerprint density at radius 2 is 2.16 bits per heavy atom. The summed E-state index contributed by atoms with van der Waals surface area (Å²) < 4.78 is 11.5. The third-order valence-corrected chi connectivity index (χ3v) is 4.43. The van der Waals surface area contributed by atoms with Crippen molar-refractivity contribution in [3.05, 3.63) is 23.3 Å². The smallest absolute Gasteiger partial charge is 0.123 e. The van der Waals surface area contributed by atoms with Crippen molar-refractivity contribution in [2.45, 2.75) is 38.7 Å². The second-order valence-corrected chi connectivity index (χ2v) is 5.91. The van der Waals surface area contributed by atoms with Gasteiger partial charge in [-0.2, -0.15) is 0 Å². The molecule has 1 aromatic carbocycles. The van der Waals surface area contributed by atoms with Gasteiger partial charge in [0.05, 0.1) is 7.11 Å². The molecule has 3 nitrogen and oxygen atoms in total. The average Bonchev–Trinajstić information content (AvgIpc) is 2.77. The standard InChI is InChI=1S/C16H23NO2/c1-10-9-17-5-4-13(10)14-8-15-12(6-11(2)19-15)7-16(14)18-3/h7-8,10-11,13,17H,4-6,9H2,1-3H3. The summed E-state index contributed by atoms with van der Waals surface area (Å²) >= 11 is 0.